The lowest BCUT2D eigenvalue weighted by Gasteiger charge is -2.24. The molecule has 0 saturated heterocycles. The van der Waals surface area contributed by atoms with Crippen LogP contribution in [-0.4, -0.2) is 35.9 Å². The number of carbonyl (C=O) groups is 1. The zero-order chi connectivity index (χ0) is 12.8. The Hall–Kier alpha value is -1.33. The molecule has 0 aliphatic heterocycles. The minimum absolute atomic E-state index is 0.0387. The third kappa shape index (κ3) is 3.57. The van der Waals surface area contributed by atoms with Crippen LogP contribution in [-0.2, 0) is 0 Å². The third-order valence-electron chi connectivity index (χ3n) is 2.25. The quantitative estimate of drug-likeness (QED) is 0.790. The first-order valence-corrected chi connectivity index (χ1v) is 5.89. The summed E-state index contributed by atoms with van der Waals surface area (Å²) in [6, 6.07) is 5.03. The zero-order valence-electron chi connectivity index (χ0n) is 9.27. The molecule has 0 atom stereocenters. The second-order valence-corrected chi connectivity index (χ2v) is 4.34. The molecule has 4 nitrogen and oxygen atoms in total. The van der Waals surface area contributed by atoms with Crippen molar-refractivity contribution in [2.75, 3.05) is 24.6 Å². The molecule has 0 aromatic heterocycles. The summed E-state index contributed by atoms with van der Waals surface area (Å²) in [4.78, 5) is 12.9. The molecule has 0 aliphatic rings. The molecule has 0 amide bonds. The van der Waals surface area contributed by atoms with Gasteiger partial charge in [0.2, 0.25) is 0 Å². The normalized spacial score (nSPS) is 10.0. The van der Waals surface area contributed by atoms with Crippen LogP contribution in [0.25, 0.3) is 0 Å². The molecular formula is C12H14BrNO3. The molecule has 0 aliphatic carbocycles. The van der Waals surface area contributed by atoms with Crippen LogP contribution in [0.4, 0.5) is 5.69 Å². The smallest absolute Gasteiger partial charge is 0.337 e. The Morgan fingerprint density at radius 1 is 1.53 bits per heavy atom. The summed E-state index contributed by atoms with van der Waals surface area (Å²) in [6.45, 7) is 4.44. The van der Waals surface area contributed by atoms with E-state index in [2.05, 4.69) is 22.5 Å². The Bertz CT molecular complexity index is 420. The summed E-state index contributed by atoms with van der Waals surface area (Å²) in [5.41, 5.74) is 0.782. The van der Waals surface area contributed by atoms with E-state index in [-0.39, 0.29) is 12.2 Å². The van der Waals surface area contributed by atoms with Gasteiger partial charge in [-0.1, -0.05) is 22.0 Å². The highest BCUT2D eigenvalue weighted by atomic mass is 79.9. The summed E-state index contributed by atoms with van der Waals surface area (Å²) in [5.74, 6) is -0.992. The van der Waals surface area contributed by atoms with Crippen LogP contribution >= 0.6 is 15.9 Å². The van der Waals surface area contributed by atoms with Crippen molar-refractivity contribution in [3.8, 4) is 0 Å². The monoisotopic (exact) mass is 299 g/mol. The summed E-state index contributed by atoms with van der Waals surface area (Å²) < 4.78 is 0.709. The third-order valence-corrected chi connectivity index (χ3v) is 2.74. The Morgan fingerprint density at radius 3 is 2.76 bits per heavy atom. The number of hydrogen-bond donors (Lipinski definition) is 2. The zero-order valence-corrected chi connectivity index (χ0v) is 10.9. The fourth-order valence-electron chi connectivity index (χ4n) is 1.54. The molecule has 5 heteroatoms. The highest BCUT2D eigenvalue weighted by Crippen LogP contribution is 2.24. The highest BCUT2D eigenvalue weighted by molar-refractivity contribution is 9.10. The Morgan fingerprint density at radius 2 is 2.24 bits per heavy atom. The SMILES string of the molecule is C=CCN(CCO)c1ccc(Br)cc1C(=O)O. The van der Waals surface area contributed by atoms with Crippen LogP contribution in [0.15, 0.2) is 35.3 Å². The predicted molar refractivity (Wildman–Crippen MR) is 70.6 cm³/mol. The molecule has 0 fully saturated rings. The van der Waals surface area contributed by atoms with Crippen LogP contribution in [0.3, 0.4) is 0 Å². The van der Waals surface area contributed by atoms with Crippen LogP contribution in [0.2, 0.25) is 0 Å². The van der Waals surface area contributed by atoms with Crippen molar-refractivity contribution in [1.82, 2.24) is 0 Å². The Balaban J connectivity index is 3.16. The summed E-state index contributed by atoms with van der Waals surface area (Å²) in [5, 5.41) is 18.1. The predicted octanol–water partition coefficient (Wildman–Crippen LogP) is 2.13. The number of benzene rings is 1. The van der Waals surface area contributed by atoms with Crippen LogP contribution < -0.4 is 4.90 Å². The number of hydrogen-bond acceptors (Lipinski definition) is 3. The number of halogens is 1. The molecule has 92 valence electrons. The van der Waals surface area contributed by atoms with Gasteiger partial charge < -0.3 is 15.1 Å². The number of aromatic carboxylic acids is 1. The van der Waals surface area contributed by atoms with Crippen LogP contribution in [0.5, 0.6) is 0 Å². The number of nitrogens with zero attached hydrogens (tertiary/aromatic N) is 1. The molecular weight excluding hydrogens is 286 g/mol. The lowest BCUT2D eigenvalue weighted by atomic mass is 10.1. The fraction of sp³-hybridized carbons (Fsp3) is 0.250. The maximum Gasteiger partial charge on any atom is 0.337 e. The van der Waals surface area contributed by atoms with Gasteiger partial charge in [0.05, 0.1) is 17.9 Å². The van der Waals surface area contributed by atoms with Crippen molar-refractivity contribution in [2.45, 2.75) is 0 Å². The van der Waals surface area contributed by atoms with Gasteiger partial charge in [-0.05, 0) is 18.2 Å². The molecule has 0 heterocycles. The van der Waals surface area contributed by atoms with Crippen LogP contribution in [0, 0.1) is 0 Å². The molecule has 2 N–H and O–H groups in total. The van der Waals surface area contributed by atoms with E-state index in [0.29, 0.717) is 23.2 Å². The van der Waals surface area contributed by atoms with Gasteiger partial charge in [0.25, 0.3) is 0 Å². The average Bonchev–Trinajstić information content (AvgIpc) is 2.28. The van der Waals surface area contributed by atoms with Gasteiger partial charge in [0.15, 0.2) is 0 Å². The second-order valence-electron chi connectivity index (χ2n) is 3.42. The number of carboxylic acids is 1. The standard InChI is InChI=1S/C12H14BrNO3/c1-2-5-14(6-7-15)11-4-3-9(13)8-10(11)12(16)17/h2-4,8,15H,1,5-7H2,(H,16,17). The van der Waals surface area contributed by atoms with E-state index < -0.39 is 5.97 Å². The average molecular weight is 300 g/mol. The number of aliphatic hydroxyl groups excluding tert-OH is 1. The molecule has 0 bridgehead atoms. The van der Waals surface area contributed by atoms with Crippen LogP contribution in [0.1, 0.15) is 10.4 Å². The van der Waals surface area contributed by atoms with Crippen molar-refractivity contribution in [3.05, 3.63) is 40.9 Å². The maximum atomic E-state index is 11.2. The van der Waals surface area contributed by atoms with E-state index >= 15 is 0 Å². The van der Waals surface area contributed by atoms with E-state index in [1.54, 1.807) is 29.2 Å². The summed E-state index contributed by atoms with van der Waals surface area (Å²) >= 11 is 3.24. The molecule has 0 radical (unpaired) electrons. The molecule has 1 rings (SSSR count). The van der Waals surface area contributed by atoms with Crippen molar-refractivity contribution in [3.63, 3.8) is 0 Å². The van der Waals surface area contributed by atoms with Crippen molar-refractivity contribution in [1.29, 1.82) is 0 Å². The van der Waals surface area contributed by atoms with Gasteiger partial charge >= 0.3 is 5.97 Å². The first-order valence-electron chi connectivity index (χ1n) is 5.09. The van der Waals surface area contributed by atoms with Crippen molar-refractivity contribution in [2.24, 2.45) is 0 Å². The first kappa shape index (κ1) is 13.7. The summed E-state index contributed by atoms with van der Waals surface area (Å²) in [6.07, 6.45) is 1.67. The maximum absolute atomic E-state index is 11.2. The van der Waals surface area contributed by atoms with E-state index in [4.69, 9.17) is 10.2 Å². The molecule has 17 heavy (non-hydrogen) atoms. The molecule has 0 saturated carbocycles. The Labute approximate surface area is 108 Å². The van der Waals surface area contributed by atoms with Gasteiger partial charge in [-0.15, -0.1) is 6.58 Å². The van der Waals surface area contributed by atoms with E-state index in [0.717, 1.165) is 0 Å². The lowest BCUT2D eigenvalue weighted by molar-refractivity contribution is 0.0697. The van der Waals surface area contributed by atoms with E-state index in [1.807, 2.05) is 0 Å². The largest absolute Gasteiger partial charge is 0.478 e. The molecule has 1 aromatic rings. The lowest BCUT2D eigenvalue weighted by Crippen LogP contribution is -2.28. The molecule has 0 spiro atoms. The van der Waals surface area contributed by atoms with Gasteiger partial charge in [0.1, 0.15) is 0 Å². The number of anilines is 1. The minimum atomic E-state index is -0.992. The second kappa shape index (κ2) is 6.42. The highest BCUT2D eigenvalue weighted by Gasteiger charge is 2.15. The van der Waals surface area contributed by atoms with Gasteiger partial charge in [-0.3, -0.25) is 0 Å². The fourth-order valence-corrected chi connectivity index (χ4v) is 1.90. The first-order chi connectivity index (χ1) is 8.10. The van der Waals surface area contributed by atoms with E-state index in [9.17, 15) is 4.79 Å². The van der Waals surface area contributed by atoms with Crippen molar-refractivity contribution >= 4 is 27.6 Å². The number of carboxylic acid groups (broad SMARTS) is 1. The Kier molecular flexibility index (Phi) is 5.18. The molecule has 1 aromatic carbocycles. The number of rotatable bonds is 6. The van der Waals surface area contributed by atoms with Gasteiger partial charge in [0, 0.05) is 17.6 Å². The van der Waals surface area contributed by atoms with Gasteiger partial charge in [-0.25, -0.2) is 4.79 Å². The van der Waals surface area contributed by atoms with E-state index in [1.165, 1.54) is 0 Å². The summed E-state index contributed by atoms with van der Waals surface area (Å²) in [7, 11) is 0. The molecule has 0 unspecified atom stereocenters. The van der Waals surface area contributed by atoms with Gasteiger partial charge in [-0.2, -0.15) is 0 Å². The minimum Gasteiger partial charge on any atom is -0.478 e. The number of aliphatic hydroxyl groups is 1. The van der Waals surface area contributed by atoms with Crippen molar-refractivity contribution < 1.29 is 15.0 Å². The topological polar surface area (TPSA) is 60.8 Å².